The molecule has 1 aromatic heterocycles. The number of nitrogen functional groups attached to an aromatic ring is 2. The normalized spacial score (nSPS) is 10.5. The molecule has 0 saturated heterocycles. The summed E-state index contributed by atoms with van der Waals surface area (Å²) in [5.41, 5.74) is 12.9. The summed E-state index contributed by atoms with van der Waals surface area (Å²) in [6.45, 7) is 3.05. The van der Waals surface area contributed by atoms with Crippen molar-refractivity contribution in [1.29, 1.82) is 0 Å². The van der Waals surface area contributed by atoms with E-state index >= 15 is 0 Å². The van der Waals surface area contributed by atoms with Crippen LogP contribution in [0.4, 0.5) is 11.4 Å². The predicted molar refractivity (Wildman–Crippen MR) is 85.0 cm³/mol. The van der Waals surface area contributed by atoms with E-state index in [1.165, 1.54) is 11.3 Å². The second-order valence-electron chi connectivity index (χ2n) is 4.37. The molecule has 0 aliphatic rings. The van der Waals surface area contributed by atoms with Gasteiger partial charge in [-0.05, 0) is 37.3 Å². The zero-order valence-corrected chi connectivity index (χ0v) is 12.7. The molecule has 0 bridgehead atoms. The number of hydrogen-bond donors (Lipinski definition) is 2. The van der Waals surface area contributed by atoms with Gasteiger partial charge in [-0.3, -0.25) is 4.79 Å². The molecule has 0 atom stereocenters. The lowest BCUT2D eigenvalue weighted by molar-refractivity contribution is 0.0755. The maximum absolute atomic E-state index is 12.5. The first-order valence-corrected chi connectivity index (χ1v) is 7.39. The number of amides is 1. The van der Waals surface area contributed by atoms with Crippen molar-refractivity contribution in [3.8, 4) is 0 Å². The van der Waals surface area contributed by atoms with Gasteiger partial charge in [-0.15, -0.1) is 11.3 Å². The van der Waals surface area contributed by atoms with E-state index in [4.69, 9.17) is 23.1 Å². The summed E-state index contributed by atoms with van der Waals surface area (Å²) in [5.74, 6) is -0.102. The third-order valence-electron chi connectivity index (χ3n) is 2.95. The molecule has 106 valence electrons. The van der Waals surface area contributed by atoms with Gasteiger partial charge in [0, 0.05) is 22.8 Å². The largest absolute Gasteiger partial charge is 0.399 e. The summed E-state index contributed by atoms with van der Waals surface area (Å²) >= 11 is 7.38. The van der Waals surface area contributed by atoms with Crippen molar-refractivity contribution in [2.24, 2.45) is 0 Å². The maximum atomic E-state index is 12.5. The fourth-order valence-electron chi connectivity index (χ4n) is 1.90. The van der Waals surface area contributed by atoms with E-state index in [2.05, 4.69) is 0 Å². The molecule has 2 rings (SSSR count). The highest BCUT2D eigenvalue weighted by Crippen LogP contribution is 2.24. The molecule has 20 heavy (non-hydrogen) atoms. The molecule has 0 aliphatic heterocycles. The Hall–Kier alpha value is -1.72. The Morgan fingerprint density at radius 3 is 2.60 bits per heavy atom. The van der Waals surface area contributed by atoms with Gasteiger partial charge in [0.25, 0.3) is 5.91 Å². The number of thiophene rings is 1. The molecule has 0 spiro atoms. The van der Waals surface area contributed by atoms with Crippen LogP contribution in [-0.2, 0) is 6.54 Å². The first-order valence-electron chi connectivity index (χ1n) is 6.19. The van der Waals surface area contributed by atoms with Gasteiger partial charge in [0.2, 0.25) is 0 Å². The van der Waals surface area contributed by atoms with Gasteiger partial charge < -0.3 is 16.4 Å². The Labute approximate surface area is 126 Å². The lowest BCUT2D eigenvalue weighted by Crippen LogP contribution is -2.30. The van der Waals surface area contributed by atoms with Crippen LogP contribution in [0.15, 0.2) is 30.3 Å². The summed E-state index contributed by atoms with van der Waals surface area (Å²) < 4.78 is 0.718. The summed E-state index contributed by atoms with van der Waals surface area (Å²) in [6, 6.07) is 8.70. The summed E-state index contributed by atoms with van der Waals surface area (Å²) in [7, 11) is 0. The van der Waals surface area contributed by atoms with E-state index in [1.54, 1.807) is 23.1 Å². The molecule has 0 unspecified atom stereocenters. The van der Waals surface area contributed by atoms with Gasteiger partial charge in [0.1, 0.15) is 0 Å². The van der Waals surface area contributed by atoms with Crippen LogP contribution in [0.2, 0.25) is 4.34 Å². The van der Waals surface area contributed by atoms with Gasteiger partial charge in [-0.2, -0.15) is 0 Å². The van der Waals surface area contributed by atoms with Crippen LogP contribution >= 0.6 is 22.9 Å². The molecule has 4 nitrogen and oxygen atoms in total. The molecule has 0 aliphatic carbocycles. The average Bonchev–Trinajstić information content (AvgIpc) is 2.81. The number of rotatable bonds is 4. The Morgan fingerprint density at radius 2 is 2.05 bits per heavy atom. The van der Waals surface area contributed by atoms with E-state index in [1.807, 2.05) is 19.1 Å². The molecule has 1 heterocycles. The minimum Gasteiger partial charge on any atom is -0.399 e. The van der Waals surface area contributed by atoms with Crippen LogP contribution < -0.4 is 11.5 Å². The van der Waals surface area contributed by atoms with Crippen molar-refractivity contribution in [1.82, 2.24) is 4.90 Å². The Kier molecular flexibility index (Phi) is 4.52. The van der Waals surface area contributed by atoms with Crippen LogP contribution in [0.1, 0.15) is 22.2 Å². The summed E-state index contributed by atoms with van der Waals surface area (Å²) in [4.78, 5) is 15.3. The summed E-state index contributed by atoms with van der Waals surface area (Å²) in [5, 5.41) is 0. The highest BCUT2D eigenvalue weighted by Gasteiger charge is 2.17. The van der Waals surface area contributed by atoms with Gasteiger partial charge in [-0.1, -0.05) is 11.6 Å². The van der Waals surface area contributed by atoms with Gasteiger partial charge >= 0.3 is 0 Å². The minimum absolute atomic E-state index is 0.102. The monoisotopic (exact) mass is 309 g/mol. The quantitative estimate of drug-likeness (QED) is 0.852. The number of benzene rings is 1. The smallest absolute Gasteiger partial charge is 0.256 e. The summed E-state index contributed by atoms with van der Waals surface area (Å²) in [6.07, 6.45) is 0. The van der Waals surface area contributed by atoms with E-state index < -0.39 is 0 Å². The molecule has 0 radical (unpaired) electrons. The van der Waals surface area contributed by atoms with E-state index in [0.29, 0.717) is 30.0 Å². The second kappa shape index (κ2) is 6.15. The van der Waals surface area contributed by atoms with Gasteiger partial charge in [0.15, 0.2) is 0 Å². The first kappa shape index (κ1) is 14.7. The molecule has 1 aromatic carbocycles. The van der Waals surface area contributed by atoms with E-state index in [-0.39, 0.29) is 5.91 Å². The standard InChI is InChI=1S/C14H16ClN3OS/c1-2-18(8-10-4-6-13(15)20-10)14(19)11-5-3-9(16)7-12(11)17/h3-7H,2,8,16-17H2,1H3. The van der Waals surface area contributed by atoms with Crippen LogP contribution in [0.3, 0.4) is 0 Å². The number of anilines is 2. The Bertz CT molecular complexity index is 627. The second-order valence-corrected chi connectivity index (χ2v) is 6.17. The number of carbonyl (C=O) groups excluding carboxylic acids is 1. The molecule has 0 saturated carbocycles. The Morgan fingerprint density at radius 1 is 1.30 bits per heavy atom. The molecule has 2 aromatic rings. The minimum atomic E-state index is -0.102. The lowest BCUT2D eigenvalue weighted by atomic mass is 10.1. The lowest BCUT2D eigenvalue weighted by Gasteiger charge is -2.21. The van der Waals surface area contributed by atoms with Crippen molar-refractivity contribution in [2.45, 2.75) is 13.5 Å². The van der Waals surface area contributed by atoms with E-state index in [0.717, 1.165) is 9.21 Å². The van der Waals surface area contributed by atoms with Crippen molar-refractivity contribution < 1.29 is 4.79 Å². The predicted octanol–water partition coefficient (Wildman–Crippen LogP) is 3.23. The number of nitrogens with two attached hydrogens (primary N) is 2. The number of hydrogen-bond acceptors (Lipinski definition) is 4. The van der Waals surface area contributed by atoms with Gasteiger partial charge in [-0.25, -0.2) is 0 Å². The molecule has 0 fully saturated rings. The first-order chi connectivity index (χ1) is 9.51. The molecule has 1 amide bonds. The van der Waals surface area contributed by atoms with Gasteiger partial charge in [0.05, 0.1) is 16.4 Å². The van der Waals surface area contributed by atoms with E-state index in [9.17, 15) is 4.79 Å². The third kappa shape index (κ3) is 3.23. The zero-order valence-electron chi connectivity index (χ0n) is 11.1. The zero-order chi connectivity index (χ0) is 14.7. The average molecular weight is 310 g/mol. The van der Waals surface area contributed by atoms with Crippen molar-refractivity contribution >= 4 is 40.2 Å². The number of carbonyl (C=O) groups is 1. The van der Waals surface area contributed by atoms with Crippen LogP contribution in [-0.4, -0.2) is 17.4 Å². The third-order valence-corrected chi connectivity index (χ3v) is 4.17. The SMILES string of the molecule is CCN(Cc1ccc(Cl)s1)C(=O)c1ccc(N)cc1N. The highest BCUT2D eigenvalue weighted by molar-refractivity contribution is 7.16. The van der Waals surface area contributed by atoms with Crippen LogP contribution in [0, 0.1) is 0 Å². The Balaban J connectivity index is 2.20. The molecule has 4 N–H and O–H groups in total. The fraction of sp³-hybridized carbons (Fsp3) is 0.214. The number of nitrogens with zero attached hydrogens (tertiary/aromatic N) is 1. The fourth-order valence-corrected chi connectivity index (χ4v) is 3.00. The topological polar surface area (TPSA) is 72.3 Å². The van der Waals surface area contributed by atoms with Crippen molar-refractivity contribution in [3.05, 3.63) is 45.1 Å². The number of halogens is 1. The molecule has 6 heteroatoms. The highest BCUT2D eigenvalue weighted by atomic mass is 35.5. The molecular weight excluding hydrogens is 294 g/mol. The van der Waals surface area contributed by atoms with Crippen LogP contribution in [0.25, 0.3) is 0 Å². The van der Waals surface area contributed by atoms with Crippen molar-refractivity contribution in [3.63, 3.8) is 0 Å². The van der Waals surface area contributed by atoms with Crippen LogP contribution in [0.5, 0.6) is 0 Å². The van der Waals surface area contributed by atoms with Crippen molar-refractivity contribution in [2.75, 3.05) is 18.0 Å². The maximum Gasteiger partial charge on any atom is 0.256 e. The molecular formula is C14H16ClN3OS.